The number of rotatable bonds is 9. The molecule has 0 spiro atoms. The molecule has 2 N–H and O–H groups in total. The molecule has 152 valence electrons. The highest BCUT2D eigenvalue weighted by Gasteiger charge is 2.08. The minimum absolute atomic E-state index is 0.704. The monoisotopic (exact) mass is 390 g/mol. The fourth-order valence-electron chi connectivity index (χ4n) is 2.92. The summed E-state index contributed by atoms with van der Waals surface area (Å²) < 4.78 is 0. The Labute approximate surface area is 173 Å². The predicted molar refractivity (Wildman–Crippen MR) is 123 cm³/mol. The zero-order valence-corrected chi connectivity index (χ0v) is 17.7. The second-order valence-electron chi connectivity index (χ2n) is 7.48. The number of benzene rings is 2. The molecule has 0 bridgehead atoms. The van der Waals surface area contributed by atoms with Crippen molar-refractivity contribution < 1.29 is 0 Å². The van der Waals surface area contributed by atoms with E-state index in [0.29, 0.717) is 5.82 Å². The molecule has 2 aromatic carbocycles. The summed E-state index contributed by atoms with van der Waals surface area (Å²) in [5.74, 6) is 2.30. The standard InChI is InChI=1S/C23H30N6/c1-28(2)16-8-15-24-21-17-22(25-19-11-13-20(14-12-19)29(3)4)27-23(26-21)18-9-6-5-7-10-18/h5-7,9-14,17H,8,15-16H2,1-4H3,(H2,24,25,26,27). The number of nitrogens with zero attached hydrogens (tertiary/aromatic N) is 4. The SMILES string of the molecule is CN(C)CCCNc1cc(Nc2ccc(N(C)C)cc2)nc(-c2ccccc2)n1. The molecule has 0 amide bonds. The molecule has 6 heteroatoms. The van der Waals surface area contributed by atoms with Gasteiger partial charge in [-0.05, 0) is 51.3 Å². The van der Waals surface area contributed by atoms with E-state index in [0.717, 1.165) is 48.1 Å². The molecular formula is C23H30N6. The molecule has 0 atom stereocenters. The van der Waals surface area contributed by atoms with Crippen molar-refractivity contribution in [3.63, 3.8) is 0 Å². The molecule has 0 aliphatic carbocycles. The van der Waals surface area contributed by atoms with Gasteiger partial charge in [-0.25, -0.2) is 9.97 Å². The van der Waals surface area contributed by atoms with Crippen LogP contribution in [0.15, 0.2) is 60.7 Å². The lowest BCUT2D eigenvalue weighted by Crippen LogP contribution is -2.16. The first-order valence-corrected chi connectivity index (χ1v) is 9.89. The first kappa shape index (κ1) is 20.6. The van der Waals surface area contributed by atoms with Gasteiger partial charge in [0.05, 0.1) is 0 Å². The molecule has 6 nitrogen and oxygen atoms in total. The minimum Gasteiger partial charge on any atom is -0.378 e. The minimum atomic E-state index is 0.704. The van der Waals surface area contributed by atoms with Gasteiger partial charge < -0.3 is 20.4 Å². The molecule has 0 radical (unpaired) electrons. The molecule has 3 aromatic rings. The van der Waals surface area contributed by atoms with Crippen LogP contribution in [-0.4, -0.2) is 56.1 Å². The lowest BCUT2D eigenvalue weighted by molar-refractivity contribution is 0.405. The van der Waals surface area contributed by atoms with Gasteiger partial charge >= 0.3 is 0 Å². The second kappa shape index (κ2) is 9.89. The zero-order chi connectivity index (χ0) is 20.6. The van der Waals surface area contributed by atoms with Crippen molar-refractivity contribution in [1.82, 2.24) is 14.9 Å². The summed E-state index contributed by atoms with van der Waals surface area (Å²) >= 11 is 0. The summed E-state index contributed by atoms with van der Waals surface area (Å²) in [5.41, 5.74) is 3.15. The summed E-state index contributed by atoms with van der Waals surface area (Å²) in [4.78, 5) is 13.7. The van der Waals surface area contributed by atoms with Gasteiger partial charge in [-0.15, -0.1) is 0 Å². The molecule has 0 saturated carbocycles. The zero-order valence-electron chi connectivity index (χ0n) is 17.7. The Morgan fingerprint density at radius 3 is 2.17 bits per heavy atom. The van der Waals surface area contributed by atoms with Crippen LogP contribution in [0.5, 0.6) is 0 Å². The number of aromatic nitrogens is 2. The molecule has 0 fully saturated rings. The lowest BCUT2D eigenvalue weighted by atomic mass is 10.2. The van der Waals surface area contributed by atoms with Crippen LogP contribution in [0.4, 0.5) is 23.0 Å². The van der Waals surface area contributed by atoms with Crippen LogP contribution in [0.3, 0.4) is 0 Å². The summed E-state index contributed by atoms with van der Waals surface area (Å²) in [6.45, 7) is 1.90. The van der Waals surface area contributed by atoms with Gasteiger partial charge in [0.15, 0.2) is 5.82 Å². The molecule has 29 heavy (non-hydrogen) atoms. The molecule has 0 saturated heterocycles. The van der Waals surface area contributed by atoms with Crippen molar-refractivity contribution in [2.75, 3.05) is 56.8 Å². The van der Waals surface area contributed by atoms with Crippen LogP contribution in [0, 0.1) is 0 Å². The maximum absolute atomic E-state index is 4.73. The van der Waals surface area contributed by atoms with Gasteiger partial charge in [-0.3, -0.25) is 0 Å². The van der Waals surface area contributed by atoms with Crippen LogP contribution in [-0.2, 0) is 0 Å². The summed E-state index contributed by atoms with van der Waals surface area (Å²) in [5, 5.41) is 6.85. The van der Waals surface area contributed by atoms with Crippen LogP contribution in [0.2, 0.25) is 0 Å². The van der Waals surface area contributed by atoms with Crippen molar-refractivity contribution in [2.24, 2.45) is 0 Å². The lowest BCUT2D eigenvalue weighted by Gasteiger charge is -2.15. The van der Waals surface area contributed by atoms with E-state index in [4.69, 9.17) is 9.97 Å². The fourth-order valence-corrected chi connectivity index (χ4v) is 2.92. The molecule has 0 aliphatic rings. The molecule has 0 unspecified atom stereocenters. The molecule has 1 heterocycles. The predicted octanol–water partition coefficient (Wildman–Crippen LogP) is 4.32. The Hall–Kier alpha value is -3.12. The van der Waals surface area contributed by atoms with Crippen molar-refractivity contribution in [3.8, 4) is 11.4 Å². The van der Waals surface area contributed by atoms with Crippen LogP contribution in [0.1, 0.15) is 6.42 Å². The highest BCUT2D eigenvalue weighted by Crippen LogP contribution is 2.24. The highest BCUT2D eigenvalue weighted by molar-refractivity contribution is 5.66. The first-order chi connectivity index (χ1) is 14.0. The van der Waals surface area contributed by atoms with Crippen LogP contribution < -0.4 is 15.5 Å². The molecular weight excluding hydrogens is 360 g/mol. The molecule has 1 aromatic heterocycles. The van der Waals surface area contributed by atoms with E-state index >= 15 is 0 Å². The van der Waals surface area contributed by atoms with Gasteiger partial charge in [0.25, 0.3) is 0 Å². The van der Waals surface area contributed by atoms with Gasteiger partial charge in [0.2, 0.25) is 0 Å². The second-order valence-corrected chi connectivity index (χ2v) is 7.48. The van der Waals surface area contributed by atoms with Gasteiger partial charge in [-0.2, -0.15) is 0 Å². The average molecular weight is 391 g/mol. The Kier molecular flexibility index (Phi) is 7.03. The Balaban J connectivity index is 1.81. The van der Waals surface area contributed by atoms with E-state index in [1.54, 1.807) is 0 Å². The van der Waals surface area contributed by atoms with Gasteiger partial charge in [-0.1, -0.05) is 30.3 Å². The number of anilines is 4. The number of hydrogen-bond donors (Lipinski definition) is 2. The summed E-state index contributed by atoms with van der Waals surface area (Å²) in [6.07, 6.45) is 1.05. The average Bonchev–Trinajstić information content (AvgIpc) is 2.72. The van der Waals surface area contributed by atoms with Crippen molar-refractivity contribution in [3.05, 3.63) is 60.7 Å². The smallest absolute Gasteiger partial charge is 0.163 e. The van der Waals surface area contributed by atoms with Crippen LogP contribution in [0.25, 0.3) is 11.4 Å². The van der Waals surface area contributed by atoms with E-state index in [2.05, 4.69) is 58.8 Å². The van der Waals surface area contributed by atoms with E-state index < -0.39 is 0 Å². The molecule has 0 aliphatic heterocycles. The largest absolute Gasteiger partial charge is 0.378 e. The number of hydrogen-bond acceptors (Lipinski definition) is 6. The van der Waals surface area contributed by atoms with Crippen molar-refractivity contribution in [2.45, 2.75) is 6.42 Å². The van der Waals surface area contributed by atoms with Crippen LogP contribution >= 0.6 is 0 Å². The first-order valence-electron chi connectivity index (χ1n) is 9.89. The number of nitrogens with one attached hydrogen (secondary N) is 2. The van der Waals surface area contributed by atoms with E-state index in [9.17, 15) is 0 Å². The van der Waals surface area contributed by atoms with E-state index in [-0.39, 0.29) is 0 Å². The summed E-state index contributed by atoms with van der Waals surface area (Å²) in [7, 11) is 8.24. The Bertz CT molecular complexity index is 891. The fraction of sp³-hybridized carbons (Fsp3) is 0.304. The third kappa shape index (κ3) is 6.19. The van der Waals surface area contributed by atoms with E-state index in [1.165, 1.54) is 0 Å². The quantitative estimate of drug-likeness (QED) is 0.531. The maximum atomic E-state index is 4.73. The topological polar surface area (TPSA) is 56.3 Å². The van der Waals surface area contributed by atoms with Gasteiger partial charge in [0.1, 0.15) is 11.6 Å². The molecule has 3 rings (SSSR count). The third-order valence-corrected chi connectivity index (χ3v) is 4.50. The van der Waals surface area contributed by atoms with E-state index in [1.807, 2.05) is 50.5 Å². The van der Waals surface area contributed by atoms with Gasteiger partial charge in [0, 0.05) is 43.6 Å². The summed E-state index contributed by atoms with van der Waals surface area (Å²) in [6, 6.07) is 20.3. The normalized spacial score (nSPS) is 10.8. The highest BCUT2D eigenvalue weighted by atomic mass is 15.1. The van der Waals surface area contributed by atoms with Crippen molar-refractivity contribution >= 4 is 23.0 Å². The third-order valence-electron chi connectivity index (χ3n) is 4.50. The van der Waals surface area contributed by atoms with Crippen molar-refractivity contribution in [1.29, 1.82) is 0 Å². The Morgan fingerprint density at radius 2 is 1.52 bits per heavy atom. The Morgan fingerprint density at radius 1 is 0.828 bits per heavy atom. The maximum Gasteiger partial charge on any atom is 0.163 e.